The van der Waals surface area contributed by atoms with Crippen LogP contribution in [0.25, 0.3) is 22.3 Å². The van der Waals surface area contributed by atoms with Crippen LogP contribution in [0.2, 0.25) is 0 Å². The highest BCUT2D eigenvalue weighted by Gasteiger charge is 2.14. The largest absolute Gasteiger partial charge is 0.192 e. The van der Waals surface area contributed by atoms with Crippen molar-refractivity contribution >= 4 is 11.1 Å². The molecule has 1 nitrogen and oxygen atoms in total. The summed E-state index contributed by atoms with van der Waals surface area (Å²) in [5.41, 5.74) is 6.98. The number of hydrogen-bond acceptors (Lipinski definition) is 1. The van der Waals surface area contributed by atoms with Gasteiger partial charge >= 0.3 is 0 Å². The maximum Gasteiger partial charge on any atom is 0.100 e. The summed E-state index contributed by atoms with van der Waals surface area (Å²) in [6.45, 7) is 0. The van der Waals surface area contributed by atoms with Gasteiger partial charge in [0.1, 0.15) is 6.07 Å². The van der Waals surface area contributed by atoms with Crippen LogP contribution in [-0.4, -0.2) is 0 Å². The van der Waals surface area contributed by atoms with Crippen LogP contribution in [-0.2, 0) is 0 Å². The number of nitriles is 1. The van der Waals surface area contributed by atoms with Crippen LogP contribution in [0.4, 0.5) is 0 Å². The van der Waals surface area contributed by atoms with E-state index in [1.54, 1.807) is 0 Å². The van der Waals surface area contributed by atoms with E-state index in [0.717, 1.165) is 27.8 Å². The van der Waals surface area contributed by atoms with Crippen molar-refractivity contribution in [2.45, 2.75) is 0 Å². The number of allylic oxidation sites excluding steroid dienone is 1. The molecule has 0 aromatic heterocycles. The van der Waals surface area contributed by atoms with Crippen LogP contribution in [0.5, 0.6) is 0 Å². The van der Waals surface area contributed by atoms with Gasteiger partial charge in [-0.2, -0.15) is 5.26 Å². The molecule has 0 N–H and O–H groups in total. The molecule has 0 amide bonds. The second kappa shape index (κ2) is 8.20. The molecule has 0 saturated heterocycles. The maximum atomic E-state index is 10.00. The lowest BCUT2D eigenvalue weighted by molar-refractivity contribution is 1.50. The molecule has 4 aromatic carbocycles. The van der Waals surface area contributed by atoms with Crippen LogP contribution in [0.3, 0.4) is 0 Å². The third-order valence-corrected chi connectivity index (χ3v) is 4.77. The Labute approximate surface area is 165 Å². The van der Waals surface area contributed by atoms with Crippen LogP contribution in [0.15, 0.2) is 115 Å². The summed E-state index contributed by atoms with van der Waals surface area (Å²) in [6.07, 6.45) is 0. The molecule has 4 rings (SSSR count). The minimum atomic E-state index is 0.680. The molecule has 0 spiro atoms. The molecule has 28 heavy (non-hydrogen) atoms. The second-order valence-corrected chi connectivity index (χ2v) is 6.54. The van der Waals surface area contributed by atoms with E-state index in [1.807, 2.05) is 66.7 Å². The first kappa shape index (κ1) is 17.5. The Morgan fingerprint density at radius 2 is 0.893 bits per heavy atom. The zero-order chi connectivity index (χ0) is 19.2. The van der Waals surface area contributed by atoms with Crippen molar-refractivity contribution in [2.75, 3.05) is 0 Å². The van der Waals surface area contributed by atoms with E-state index in [1.165, 1.54) is 5.56 Å². The zero-order valence-electron chi connectivity index (χ0n) is 15.4. The molecule has 132 valence electrons. The topological polar surface area (TPSA) is 23.8 Å². The maximum absolute atomic E-state index is 10.00. The number of benzene rings is 4. The zero-order valence-corrected chi connectivity index (χ0v) is 15.4. The first-order valence-corrected chi connectivity index (χ1v) is 9.28. The number of nitrogens with zero attached hydrogens (tertiary/aromatic N) is 1. The summed E-state index contributed by atoms with van der Waals surface area (Å²) in [7, 11) is 0. The highest BCUT2D eigenvalue weighted by molar-refractivity contribution is 6.03. The predicted octanol–water partition coefficient (Wildman–Crippen LogP) is 6.84. The smallest absolute Gasteiger partial charge is 0.100 e. The summed E-state index contributed by atoms with van der Waals surface area (Å²) in [5.74, 6) is 0. The fraction of sp³-hybridized carbons (Fsp3) is 0. The van der Waals surface area contributed by atoms with E-state index < -0.39 is 0 Å². The van der Waals surface area contributed by atoms with E-state index in [4.69, 9.17) is 0 Å². The molecule has 0 fully saturated rings. The molecule has 0 radical (unpaired) electrons. The van der Waals surface area contributed by atoms with Gasteiger partial charge in [-0.15, -0.1) is 0 Å². The van der Waals surface area contributed by atoms with Gasteiger partial charge < -0.3 is 0 Å². The lowest BCUT2D eigenvalue weighted by atomic mass is 9.89. The molecule has 0 unspecified atom stereocenters. The van der Waals surface area contributed by atoms with E-state index in [9.17, 15) is 5.26 Å². The third-order valence-electron chi connectivity index (χ3n) is 4.77. The quantitative estimate of drug-likeness (QED) is 0.290. The Balaban J connectivity index is 1.88. The monoisotopic (exact) mass is 357 g/mol. The van der Waals surface area contributed by atoms with Crippen molar-refractivity contribution in [1.29, 1.82) is 5.26 Å². The van der Waals surface area contributed by atoms with Crippen LogP contribution in [0.1, 0.15) is 16.7 Å². The molecule has 1 heteroatoms. The summed E-state index contributed by atoms with van der Waals surface area (Å²) >= 11 is 0. The summed E-state index contributed by atoms with van der Waals surface area (Å²) < 4.78 is 0. The predicted molar refractivity (Wildman–Crippen MR) is 116 cm³/mol. The molecule has 0 aliphatic heterocycles. The lowest BCUT2D eigenvalue weighted by Crippen LogP contribution is -1.94. The number of rotatable bonds is 4. The fourth-order valence-corrected chi connectivity index (χ4v) is 3.39. The Morgan fingerprint density at radius 1 is 0.464 bits per heavy atom. The van der Waals surface area contributed by atoms with Crippen molar-refractivity contribution in [2.24, 2.45) is 0 Å². The Bertz CT molecular complexity index is 1120. The van der Waals surface area contributed by atoms with Crippen molar-refractivity contribution < 1.29 is 0 Å². The van der Waals surface area contributed by atoms with Gasteiger partial charge in [0.25, 0.3) is 0 Å². The minimum absolute atomic E-state index is 0.680. The van der Waals surface area contributed by atoms with Crippen LogP contribution >= 0.6 is 0 Å². The van der Waals surface area contributed by atoms with Crippen molar-refractivity contribution in [3.8, 4) is 17.2 Å². The normalized spacial score (nSPS) is 11.4. The van der Waals surface area contributed by atoms with E-state index in [2.05, 4.69) is 54.6 Å². The van der Waals surface area contributed by atoms with Crippen molar-refractivity contribution in [3.05, 3.63) is 132 Å². The number of hydrogen-bond donors (Lipinski definition) is 0. The molecule has 0 saturated carbocycles. The van der Waals surface area contributed by atoms with Crippen LogP contribution < -0.4 is 0 Å². The molecular weight excluding hydrogens is 338 g/mol. The van der Waals surface area contributed by atoms with E-state index in [0.29, 0.717) is 5.57 Å². The average Bonchev–Trinajstić information content (AvgIpc) is 2.79. The fourth-order valence-electron chi connectivity index (χ4n) is 3.39. The van der Waals surface area contributed by atoms with Crippen molar-refractivity contribution in [1.82, 2.24) is 0 Å². The van der Waals surface area contributed by atoms with Crippen molar-refractivity contribution in [3.63, 3.8) is 0 Å². The second-order valence-electron chi connectivity index (χ2n) is 6.54. The molecular formula is C27H19N. The molecule has 0 heterocycles. The molecule has 4 aromatic rings. The third kappa shape index (κ3) is 3.63. The van der Waals surface area contributed by atoms with Gasteiger partial charge in [0, 0.05) is 5.57 Å². The van der Waals surface area contributed by atoms with Gasteiger partial charge in [-0.25, -0.2) is 0 Å². The van der Waals surface area contributed by atoms with Crippen LogP contribution in [0, 0.1) is 11.3 Å². The molecule has 0 aliphatic rings. The standard InChI is InChI=1S/C27H19N/c28-20-26(23-12-6-2-7-13-23)27(24-14-8-3-9-15-24)25-18-16-22(17-19-25)21-10-4-1-5-11-21/h1-19H/b27-26+. The Hall–Kier alpha value is -3.89. The summed E-state index contributed by atoms with van der Waals surface area (Å²) in [6, 6.07) is 41.2. The van der Waals surface area contributed by atoms with Gasteiger partial charge in [0.05, 0.1) is 5.57 Å². The first-order chi connectivity index (χ1) is 13.9. The van der Waals surface area contributed by atoms with E-state index >= 15 is 0 Å². The SMILES string of the molecule is N#C/C(=C(/c1ccccc1)c1ccc(-c2ccccc2)cc1)c1ccccc1. The minimum Gasteiger partial charge on any atom is -0.192 e. The van der Waals surface area contributed by atoms with Gasteiger partial charge in [-0.3, -0.25) is 0 Å². The lowest BCUT2D eigenvalue weighted by Gasteiger charge is -2.13. The van der Waals surface area contributed by atoms with Gasteiger partial charge in [-0.05, 0) is 27.8 Å². The average molecular weight is 357 g/mol. The highest BCUT2D eigenvalue weighted by atomic mass is 14.3. The highest BCUT2D eigenvalue weighted by Crippen LogP contribution is 2.33. The first-order valence-electron chi connectivity index (χ1n) is 9.28. The Kier molecular flexibility index (Phi) is 5.13. The Morgan fingerprint density at radius 3 is 1.43 bits per heavy atom. The molecule has 0 aliphatic carbocycles. The van der Waals surface area contributed by atoms with Gasteiger partial charge in [-0.1, -0.05) is 115 Å². The summed E-state index contributed by atoms with van der Waals surface area (Å²) in [5, 5.41) is 10.00. The molecule has 0 atom stereocenters. The van der Waals surface area contributed by atoms with Gasteiger partial charge in [0.2, 0.25) is 0 Å². The summed E-state index contributed by atoms with van der Waals surface area (Å²) in [4.78, 5) is 0. The van der Waals surface area contributed by atoms with E-state index in [-0.39, 0.29) is 0 Å². The van der Waals surface area contributed by atoms with Gasteiger partial charge in [0.15, 0.2) is 0 Å². The molecule has 0 bridgehead atoms.